The van der Waals surface area contributed by atoms with Gasteiger partial charge in [-0.15, -0.1) is 0 Å². The van der Waals surface area contributed by atoms with Gasteiger partial charge >= 0.3 is 18.0 Å². The van der Waals surface area contributed by atoms with Crippen LogP contribution in [0.3, 0.4) is 0 Å². The van der Waals surface area contributed by atoms with E-state index < -0.39 is 17.8 Å². The lowest BCUT2D eigenvalue weighted by Crippen LogP contribution is -2.58. The molecule has 9 nitrogen and oxygen atoms in total. The van der Waals surface area contributed by atoms with Gasteiger partial charge in [0.1, 0.15) is 5.82 Å². The zero-order chi connectivity index (χ0) is 24.8. The summed E-state index contributed by atoms with van der Waals surface area (Å²) in [5, 5.41) is 5.75. The van der Waals surface area contributed by atoms with Crippen LogP contribution in [0.25, 0.3) is 0 Å². The van der Waals surface area contributed by atoms with Gasteiger partial charge in [0.15, 0.2) is 0 Å². The number of rotatable bonds is 7. The number of esters is 1. The van der Waals surface area contributed by atoms with Crippen LogP contribution in [-0.2, 0) is 9.53 Å². The molecule has 1 aromatic rings. The van der Waals surface area contributed by atoms with Crippen molar-refractivity contribution in [2.24, 2.45) is 0 Å². The maximum atomic E-state index is 13.5. The second-order valence-electron chi connectivity index (χ2n) is 8.58. The topological polar surface area (TPSA) is 94.2 Å². The van der Waals surface area contributed by atoms with Gasteiger partial charge in [0.25, 0.3) is 0 Å². The van der Waals surface area contributed by atoms with Crippen molar-refractivity contribution in [2.75, 3.05) is 46.4 Å². The summed E-state index contributed by atoms with van der Waals surface area (Å²) in [7, 11) is 1.61. The van der Waals surface area contributed by atoms with Crippen LogP contribution in [0.1, 0.15) is 38.8 Å². The first-order chi connectivity index (χ1) is 16.3. The minimum absolute atomic E-state index is 0.0344. The van der Waals surface area contributed by atoms with Gasteiger partial charge in [0.2, 0.25) is 0 Å². The Hall–Kier alpha value is -3.14. The number of nitrogens with one attached hydrogen (secondary N) is 2. The van der Waals surface area contributed by atoms with Gasteiger partial charge in [0, 0.05) is 51.5 Å². The lowest BCUT2D eigenvalue weighted by molar-refractivity contribution is -0.139. The number of likely N-dealkylation sites (N-methyl/N-ethyl adjacent to an activating group) is 1. The van der Waals surface area contributed by atoms with Gasteiger partial charge in [-0.25, -0.2) is 18.8 Å². The highest BCUT2D eigenvalue weighted by molar-refractivity contribution is 5.95. The van der Waals surface area contributed by atoms with Gasteiger partial charge in [0.05, 0.1) is 18.2 Å². The lowest BCUT2D eigenvalue weighted by Gasteiger charge is -2.42. The Morgan fingerprint density at radius 2 is 1.91 bits per heavy atom. The van der Waals surface area contributed by atoms with Gasteiger partial charge in [-0.1, -0.05) is 19.1 Å². The van der Waals surface area contributed by atoms with E-state index in [0.717, 1.165) is 6.42 Å². The molecule has 0 saturated carbocycles. The number of halogens is 1. The molecule has 2 heterocycles. The molecule has 0 aliphatic carbocycles. The molecule has 0 aromatic heterocycles. The number of amides is 4. The second-order valence-corrected chi connectivity index (χ2v) is 8.58. The molecule has 2 aliphatic heterocycles. The Morgan fingerprint density at radius 1 is 1.21 bits per heavy atom. The first-order valence-corrected chi connectivity index (χ1v) is 11.7. The summed E-state index contributed by atoms with van der Waals surface area (Å²) in [4.78, 5) is 43.6. The largest absolute Gasteiger partial charge is 0.463 e. The van der Waals surface area contributed by atoms with E-state index in [-0.39, 0.29) is 24.7 Å². The first-order valence-electron chi connectivity index (χ1n) is 11.7. The predicted molar refractivity (Wildman–Crippen MR) is 125 cm³/mol. The number of ether oxygens (including phenoxy) is 1. The average molecular weight is 476 g/mol. The van der Waals surface area contributed by atoms with Gasteiger partial charge < -0.3 is 20.3 Å². The van der Waals surface area contributed by atoms with Gasteiger partial charge in [-0.2, -0.15) is 0 Å². The fourth-order valence-electron chi connectivity index (χ4n) is 4.33. The smallest absolute Gasteiger partial charge is 0.338 e. The molecule has 2 aliphatic rings. The molecule has 4 amide bonds. The van der Waals surface area contributed by atoms with Crippen LogP contribution in [0.5, 0.6) is 0 Å². The minimum Gasteiger partial charge on any atom is -0.463 e. The molecule has 0 unspecified atom stereocenters. The summed E-state index contributed by atoms with van der Waals surface area (Å²) >= 11 is 0. The third-order valence-corrected chi connectivity index (χ3v) is 6.15. The molecule has 186 valence electrons. The average Bonchev–Trinajstić information content (AvgIpc) is 2.81. The number of carbonyl (C=O) groups is 3. The fraction of sp³-hybridized carbons (Fsp3) is 0.542. The highest BCUT2D eigenvalue weighted by Crippen LogP contribution is 2.32. The Balaban J connectivity index is 1.88. The third kappa shape index (κ3) is 5.67. The maximum Gasteiger partial charge on any atom is 0.338 e. The van der Waals surface area contributed by atoms with Crippen LogP contribution in [0, 0.1) is 5.82 Å². The quantitative estimate of drug-likeness (QED) is 0.591. The molecule has 1 saturated heterocycles. The summed E-state index contributed by atoms with van der Waals surface area (Å²) in [6.45, 7) is 8.60. The van der Waals surface area contributed by atoms with Crippen LogP contribution in [0.4, 0.5) is 14.0 Å². The number of benzene rings is 1. The standard InChI is InChI=1S/C24H34FN5O4/c1-5-11-26-23(32)30-13-12-29(14-16(30)3)15-19-20(22(31)34-6-2)21(27-24(33)28(19)4)17-7-9-18(25)10-8-17/h7-10,16,21H,5-6,11-15H2,1-4H3,(H,26,32)(H,27,33)/t16-,21+/m0/s1. The molecule has 0 spiro atoms. The Labute approximate surface area is 199 Å². The van der Waals surface area contributed by atoms with E-state index in [0.29, 0.717) is 49.6 Å². The monoisotopic (exact) mass is 475 g/mol. The molecule has 2 atom stereocenters. The van der Waals surface area contributed by atoms with Crippen LogP contribution in [0.15, 0.2) is 35.5 Å². The van der Waals surface area contributed by atoms with Crippen molar-refractivity contribution in [3.8, 4) is 0 Å². The van der Waals surface area contributed by atoms with E-state index in [2.05, 4.69) is 15.5 Å². The molecule has 1 aromatic carbocycles. The molecule has 3 rings (SSSR count). The summed E-state index contributed by atoms with van der Waals surface area (Å²) in [6, 6.07) is 4.48. The Kier molecular flexibility index (Phi) is 8.49. The van der Waals surface area contributed by atoms with Crippen LogP contribution in [0.2, 0.25) is 0 Å². The predicted octanol–water partition coefficient (Wildman–Crippen LogP) is 2.46. The number of nitrogens with zero attached hydrogens (tertiary/aromatic N) is 3. The first kappa shape index (κ1) is 25.5. The number of piperazine rings is 1. The maximum absolute atomic E-state index is 13.5. The van der Waals surface area contributed by atoms with Crippen LogP contribution in [-0.4, -0.2) is 85.2 Å². The normalized spacial score (nSPS) is 21.4. The zero-order valence-corrected chi connectivity index (χ0v) is 20.3. The molecular formula is C24H34FN5O4. The summed E-state index contributed by atoms with van der Waals surface area (Å²) in [6.07, 6.45) is 0.870. The van der Waals surface area contributed by atoms with E-state index in [9.17, 15) is 18.8 Å². The van der Waals surface area contributed by atoms with E-state index in [4.69, 9.17) is 4.74 Å². The van der Waals surface area contributed by atoms with Gasteiger partial charge in [-0.3, -0.25) is 9.80 Å². The Morgan fingerprint density at radius 3 is 2.53 bits per heavy atom. The van der Waals surface area contributed by atoms with E-state index >= 15 is 0 Å². The lowest BCUT2D eigenvalue weighted by atomic mass is 9.94. The Bertz CT molecular complexity index is 936. The summed E-state index contributed by atoms with van der Waals surface area (Å²) in [5.41, 5.74) is 1.45. The molecular weight excluding hydrogens is 441 g/mol. The van der Waals surface area contributed by atoms with E-state index in [1.165, 1.54) is 17.0 Å². The van der Waals surface area contributed by atoms with Crippen molar-refractivity contribution in [1.29, 1.82) is 0 Å². The van der Waals surface area contributed by atoms with Crippen molar-refractivity contribution in [1.82, 2.24) is 25.3 Å². The molecule has 10 heteroatoms. The SMILES string of the molecule is CCCNC(=O)N1CCN(CC2=C(C(=O)OCC)[C@@H](c3ccc(F)cc3)NC(=O)N2C)C[C@@H]1C. The summed E-state index contributed by atoms with van der Waals surface area (Å²) in [5.74, 6) is -0.927. The number of carbonyl (C=O) groups excluding carboxylic acids is 3. The van der Waals surface area contributed by atoms with Crippen molar-refractivity contribution in [3.05, 3.63) is 46.9 Å². The molecule has 1 fully saturated rings. The molecule has 34 heavy (non-hydrogen) atoms. The number of urea groups is 2. The molecule has 2 N–H and O–H groups in total. The van der Waals surface area contributed by atoms with Gasteiger partial charge in [-0.05, 0) is 38.0 Å². The number of hydrogen-bond donors (Lipinski definition) is 2. The zero-order valence-electron chi connectivity index (χ0n) is 20.3. The number of hydrogen-bond acceptors (Lipinski definition) is 5. The van der Waals surface area contributed by atoms with Crippen LogP contribution < -0.4 is 10.6 Å². The van der Waals surface area contributed by atoms with Crippen molar-refractivity contribution in [3.63, 3.8) is 0 Å². The third-order valence-electron chi connectivity index (χ3n) is 6.15. The highest BCUT2D eigenvalue weighted by Gasteiger charge is 2.38. The molecule has 0 radical (unpaired) electrons. The van der Waals surface area contributed by atoms with Crippen molar-refractivity contribution in [2.45, 2.75) is 39.3 Å². The molecule has 0 bridgehead atoms. The van der Waals surface area contributed by atoms with Crippen molar-refractivity contribution < 1.29 is 23.5 Å². The fourth-order valence-corrected chi connectivity index (χ4v) is 4.33. The highest BCUT2D eigenvalue weighted by atomic mass is 19.1. The van der Waals surface area contributed by atoms with E-state index in [1.54, 1.807) is 26.1 Å². The van der Waals surface area contributed by atoms with Crippen molar-refractivity contribution >= 4 is 18.0 Å². The minimum atomic E-state index is -0.753. The van der Waals surface area contributed by atoms with E-state index in [1.807, 2.05) is 18.7 Å². The summed E-state index contributed by atoms with van der Waals surface area (Å²) < 4.78 is 18.8. The van der Waals surface area contributed by atoms with Crippen LogP contribution >= 0.6 is 0 Å². The second kappa shape index (κ2) is 11.3.